The highest BCUT2D eigenvalue weighted by Crippen LogP contribution is 2.13. The van der Waals surface area contributed by atoms with Gasteiger partial charge in [0.1, 0.15) is 5.82 Å². The summed E-state index contributed by atoms with van der Waals surface area (Å²) in [6.07, 6.45) is 4.57. The Morgan fingerprint density at radius 2 is 2.31 bits per heavy atom. The lowest BCUT2D eigenvalue weighted by Crippen LogP contribution is -2.04. The van der Waals surface area contributed by atoms with Crippen molar-refractivity contribution in [3.63, 3.8) is 0 Å². The number of carbonyl (C=O) groups excluding carboxylic acids is 1. The molecule has 1 aromatic rings. The monoisotopic (exact) mass is 240 g/mol. The first-order valence-electron chi connectivity index (χ1n) is 4.84. The first-order chi connectivity index (χ1) is 7.69. The number of methoxy groups -OCH3 is 1. The van der Waals surface area contributed by atoms with Crippen molar-refractivity contribution in [2.45, 2.75) is 6.42 Å². The molecule has 0 N–H and O–H groups in total. The van der Waals surface area contributed by atoms with E-state index in [9.17, 15) is 9.18 Å². The van der Waals surface area contributed by atoms with Crippen LogP contribution in [0.15, 0.2) is 24.3 Å². The number of rotatable bonds is 4. The summed E-state index contributed by atoms with van der Waals surface area (Å²) in [5.41, 5.74) is 0.721. The van der Waals surface area contributed by atoms with Crippen molar-refractivity contribution in [3.8, 4) is 0 Å². The molecule has 0 aliphatic carbocycles. The zero-order valence-electron chi connectivity index (χ0n) is 8.94. The Kier molecular flexibility index (Phi) is 5.05. The van der Waals surface area contributed by atoms with Crippen LogP contribution < -0.4 is 0 Å². The van der Waals surface area contributed by atoms with Gasteiger partial charge in [0, 0.05) is 0 Å². The maximum absolute atomic E-state index is 13.3. The maximum atomic E-state index is 13.3. The van der Waals surface area contributed by atoms with Crippen LogP contribution >= 0.6 is 12.6 Å². The zero-order valence-corrected chi connectivity index (χ0v) is 9.84. The molecule has 1 rings (SSSR count). The van der Waals surface area contributed by atoms with Crippen LogP contribution in [0.2, 0.25) is 0 Å². The highest BCUT2D eigenvalue weighted by molar-refractivity contribution is 7.80. The predicted octanol–water partition coefficient (Wildman–Crippen LogP) is 2.95. The highest BCUT2D eigenvalue weighted by atomic mass is 32.1. The first-order valence-corrected chi connectivity index (χ1v) is 5.47. The number of ether oxygens (including phenoxy) is 1. The van der Waals surface area contributed by atoms with Crippen molar-refractivity contribution in [1.29, 1.82) is 0 Å². The van der Waals surface area contributed by atoms with Gasteiger partial charge in [-0.3, -0.25) is 0 Å². The Balaban J connectivity index is 2.93. The minimum absolute atomic E-state index is 0.0458. The van der Waals surface area contributed by atoms with Crippen LogP contribution in [0.25, 0.3) is 6.08 Å². The Hall–Kier alpha value is -1.29. The molecule has 0 saturated carbocycles. The van der Waals surface area contributed by atoms with E-state index in [1.807, 2.05) is 12.2 Å². The summed E-state index contributed by atoms with van der Waals surface area (Å²) in [5.74, 6) is -0.484. The number of esters is 1. The normalized spacial score (nSPS) is 10.7. The summed E-state index contributed by atoms with van der Waals surface area (Å²) in [5, 5.41) is 0. The number of thiol groups is 1. The van der Waals surface area contributed by atoms with Crippen LogP contribution in [0.3, 0.4) is 0 Å². The molecule has 0 saturated heterocycles. The number of hydrogen-bond donors (Lipinski definition) is 1. The van der Waals surface area contributed by atoms with Crippen LogP contribution in [0.4, 0.5) is 4.39 Å². The third kappa shape index (κ3) is 3.38. The van der Waals surface area contributed by atoms with Crippen molar-refractivity contribution in [2.75, 3.05) is 12.9 Å². The quantitative estimate of drug-likeness (QED) is 0.647. The van der Waals surface area contributed by atoms with E-state index in [-0.39, 0.29) is 5.56 Å². The summed E-state index contributed by atoms with van der Waals surface area (Å²) in [6.45, 7) is 0. The Morgan fingerprint density at radius 3 is 2.94 bits per heavy atom. The summed E-state index contributed by atoms with van der Waals surface area (Å²) in [7, 11) is 1.23. The van der Waals surface area contributed by atoms with Gasteiger partial charge >= 0.3 is 5.97 Å². The molecule has 0 aliphatic rings. The largest absolute Gasteiger partial charge is 0.465 e. The molecule has 0 fully saturated rings. The Morgan fingerprint density at radius 1 is 1.56 bits per heavy atom. The molecule has 86 valence electrons. The molecule has 0 radical (unpaired) electrons. The summed E-state index contributed by atoms with van der Waals surface area (Å²) in [4.78, 5) is 11.2. The maximum Gasteiger partial charge on any atom is 0.340 e. The van der Waals surface area contributed by atoms with Crippen LogP contribution in [0.1, 0.15) is 22.3 Å². The molecule has 4 heteroatoms. The molecule has 0 atom stereocenters. The number of carbonyl (C=O) groups is 1. The van der Waals surface area contributed by atoms with E-state index in [1.165, 1.54) is 19.2 Å². The van der Waals surface area contributed by atoms with Crippen molar-refractivity contribution in [2.24, 2.45) is 0 Å². The molecule has 1 aromatic carbocycles. The predicted molar refractivity (Wildman–Crippen MR) is 65.2 cm³/mol. The fraction of sp³-hybridized carbons (Fsp3) is 0.250. The smallest absolute Gasteiger partial charge is 0.340 e. The second kappa shape index (κ2) is 6.33. The van der Waals surface area contributed by atoms with Gasteiger partial charge in [0.25, 0.3) is 0 Å². The average Bonchev–Trinajstić information content (AvgIpc) is 2.30. The number of hydrogen-bond acceptors (Lipinski definition) is 3. The average molecular weight is 240 g/mol. The molecule has 0 amide bonds. The molecule has 0 heterocycles. The number of benzene rings is 1. The van der Waals surface area contributed by atoms with Gasteiger partial charge in [0.2, 0.25) is 0 Å². The zero-order chi connectivity index (χ0) is 12.0. The van der Waals surface area contributed by atoms with E-state index in [0.717, 1.165) is 17.7 Å². The Labute approximate surface area is 99.5 Å². The first kappa shape index (κ1) is 12.8. The van der Waals surface area contributed by atoms with E-state index >= 15 is 0 Å². The topological polar surface area (TPSA) is 26.3 Å². The van der Waals surface area contributed by atoms with Gasteiger partial charge in [-0.05, 0) is 29.9 Å². The van der Waals surface area contributed by atoms with Gasteiger partial charge in [-0.15, -0.1) is 0 Å². The SMILES string of the molecule is COC(=O)c1cc(C=CCCS)ccc1F. The van der Waals surface area contributed by atoms with E-state index in [2.05, 4.69) is 17.4 Å². The number of allylic oxidation sites excluding steroid dienone is 1. The van der Waals surface area contributed by atoms with Crippen LogP contribution in [0.5, 0.6) is 0 Å². The van der Waals surface area contributed by atoms with Gasteiger partial charge in [-0.1, -0.05) is 18.2 Å². The summed E-state index contributed by atoms with van der Waals surface area (Å²) >= 11 is 4.07. The van der Waals surface area contributed by atoms with Crippen LogP contribution in [-0.4, -0.2) is 18.8 Å². The molecule has 0 aliphatic heterocycles. The minimum atomic E-state index is -0.665. The lowest BCUT2D eigenvalue weighted by molar-refractivity contribution is 0.0595. The van der Waals surface area contributed by atoms with Gasteiger partial charge < -0.3 is 4.74 Å². The highest BCUT2D eigenvalue weighted by Gasteiger charge is 2.11. The second-order valence-corrected chi connectivity index (χ2v) is 3.59. The van der Waals surface area contributed by atoms with Gasteiger partial charge in [-0.25, -0.2) is 9.18 Å². The molecule has 2 nitrogen and oxygen atoms in total. The summed E-state index contributed by atoms with van der Waals surface area (Å²) < 4.78 is 17.7. The lowest BCUT2D eigenvalue weighted by atomic mass is 10.1. The molecule has 0 spiro atoms. The molecule has 0 aromatic heterocycles. The molecular weight excluding hydrogens is 227 g/mol. The molecule has 0 bridgehead atoms. The van der Waals surface area contributed by atoms with Gasteiger partial charge in [-0.2, -0.15) is 12.6 Å². The van der Waals surface area contributed by atoms with Crippen molar-refractivity contribution >= 4 is 24.7 Å². The van der Waals surface area contributed by atoms with Crippen molar-refractivity contribution in [1.82, 2.24) is 0 Å². The molecule has 0 unspecified atom stereocenters. The second-order valence-electron chi connectivity index (χ2n) is 3.15. The third-order valence-electron chi connectivity index (χ3n) is 2.00. The van der Waals surface area contributed by atoms with E-state index in [1.54, 1.807) is 6.07 Å². The van der Waals surface area contributed by atoms with E-state index in [4.69, 9.17) is 0 Å². The van der Waals surface area contributed by atoms with Crippen LogP contribution in [-0.2, 0) is 4.74 Å². The minimum Gasteiger partial charge on any atom is -0.465 e. The van der Waals surface area contributed by atoms with E-state index < -0.39 is 11.8 Å². The fourth-order valence-corrected chi connectivity index (χ4v) is 1.36. The number of halogens is 1. The van der Waals surface area contributed by atoms with Crippen molar-refractivity contribution in [3.05, 3.63) is 41.2 Å². The van der Waals surface area contributed by atoms with Gasteiger partial charge in [0.05, 0.1) is 12.7 Å². The third-order valence-corrected chi connectivity index (χ3v) is 2.26. The lowest BCUT2D eigenvalue weighted by Gasteiger charge is -2.02. The van der Waals surface area contributed by atoms with Crippen molar-refractivity contribution < 1.29 is 13.9 Å². The van der Waals surface area contributed by atoms with Crippen LogP contribution in [0, 0.1) is 5.82 Å². The molecule has 16 heavy (non-hydrogen) atoms. The standard InChI is InChI=1S/C12H13FO2S/c1-15-12(14)10-8-9(4-2-3-7-16)5-6-11(10)13/h2,4-6,8,16H,3,7H2,1H3. The Bertz CT molecular complexity index is 402. The van der Waals surface area contributed by atoms with Gasteiger partial charge in [0.15, 0.2) is 0 Å². The fourth-order valence-electron chi connectivity index (χ4n) is 1.21. The summed E-state index contributed by atoms with van der Waals surface area (Å²) in [6, 6.07) is 4.33. The molecular formula is C12H13FO2S. The van der Waals surface area contributed by atoms with E-state index in [0.29, 0.717) is 0 Å².